The average molecular weight is 411 g/mol. The third-order valence-electron chi connectivity index (χ3n) is 5.09. The van der Waals surface area contributed by atoms with Crippen molar-refractivity contribution in [3.63, 3.8) is 0 Å². The van der Waals surface area contributed by atoms with Crippen LogP contribution in [0.3, 0.4) is 0 Å². The standard InChI is InChI=1S/C24H50N4O/c1-2-3-4-5-6-7-8-9-10-11-12-13-14-15-16-17-24(29)28-23-22-27-21-20-26-19-18-25/h9-10,26-27H,2-8,11-23,25H2,1H3,(H,28,29)/b10-9+. The lowest BCUT2D eigenvalue weighted by Gasteiger charge is -2.07. The van der Waals surface area contributed by atoms with E-state index in [1.165, 1.54) is 77.0 Å². The van der Waals surface area contributed by atoms with Crippen molar-refractivity contribution in [1.29, 1.82) is 0 Å². The van der Waals surface area contributed by atoms with Gasteiger partial charge in [0.1, 0.15) is 0 Å². The van der Waals surface area contributed by atoms with Crippen molar-refractivity contribution >= 4 is 5.91 Å². The summed E-state index contributed by atoms with van der Waals surface area (Å²) >= 11 is 0. The molecule has 0 radical (unpaired) electrons. The zero-order chi connectivity index (χ0) is 21.3. The number of carbonyl (C=O) groups is 1. The van der Waals surface area contributed by atoms with Gasteiger partial charge in [-0.15, -0.1) is 0 Å². The molecule has 0 aliphatic rings. The Labute approximate surface area is 181 Å². The van der Waals surface area contributed by atoms with Crippen molar-refractivity contribution in [2.75, 3.05) is 39.3 Å². The first kappa shape index (κ1) is 28.1. The van der Waals surface area contributed by atoms with Gasteiger partial charge in [0.15, 0.2) is 0 Å². The fraction of sp³-hybridized carbons (Fsp3) is 0.875. The first-order chi connectivity index (χ1) is 14.3. The fourth-order valence-corrected chi connectivity index (χ4v) is 3.26. The van der Waals surface area contributed by atoms with Crippen LogP contribution in [0, 0.1) is 0 Å². The predicted octanol–water partition coefficient (Wildman–Crippen LogP) is 4.28. The van der Waals surface area contributed by atoms with Crippen LogP contribution in [0.25, 0.3) is 0 Å². The molecule has 5 N–H and O–H groups in total. The molecule has 29 heavy (non-hydrogen) atoms. The number of unbranched alkanes of at least 4 members (excludes halogenated alkanes) is 11. The second-order valence-electron chi connectivity index (χ2n) is 7.97. The Balaban J connectivity index is 3.19. The average Bonchev–Trinajstić information content (AvgIpc) is 2.72. The van der Waals surface area contributed by atoms with Gasteiger partial charge < -0.3 is 21.7 Å². The predicted molar refractivity (Wildman–Crippen MR) is 127 cm³/mol. The van der Waals surface area contributed by atoms with E-state index in [9.17, 15) is 4.79 Å². The number of nitrogens with two attached hydrogens (primary N) is 1. The van der Waals surface area contributed by atoms with Gasteiger partial charge in [-0.3, -0.25) is 4.79 Å². The highest BCUT2D eigenvalue weighted by Crippen LogP contribution is 2.09. The SMILES string of the molecule is CCCCCCCC/C=C/CCCCCCCC(=O)NCCNCCNCCN. The van der Waals surface area contributed by atoms with Crippen LogP contribution < -0.4 is 21.7 Å². The van der Waals surface area contributed by atoms with Crippen LogP contribution in [0.4, 0.5) is 0 Å². The van der Waals surface area contributed by atoms with Crippen LogP contribution in [0.2, 0.25) is 0 Å². The molecule has 0 saturated carbocycles. The van der Waals surface area contributed by atoms with Crippen LogP contribution >= 0.6 is 0 Å². The van der Waals surface area contributed by atoms with Crippen LogP contribution in [-0.4, -0.2) is 45.2 Å². The minimum Gasteiger partial charge on any atom is -0.355 e. The molecule has 0 unspecified atom stereocenters. The smallest absolute Gasteiger partial charge is 0.220 e. The van der Waals surface area contributed by atoms with E-state index in [4.69, 9.17) is 5.73 Å². The summed E-state index contributed by atoms with van der Waals surface area (Å²) in [6.07, 6.45) is 22.1. The molecule has 0 aromatic heterocycles. The molecule has 5 heteroatoms. The Morgan fingerprint density at radius 1 is 0.690 bits per heavy atom. The van der Waals surface area contributed by atoms with Crippen LogP contribution in [0.1, 0.15) is 96.8 Å². The van der Waals surface area contributed by atoms with Gasteiger partial charge >= 0.3 is 0 Å². The van der Waals surface area contributed by atoms with E-state index in [0.29, 0.717) is 19.5 Å². The summed E-state index contributed by atoms with van der Waals surface area (Å²) in [5.74, 6) is 0.186. The third-order valence-corrected chi connectivity index (χ3v) is 5.09. The minimum absolute atomic E-state index is 0.186. The summed E-state index contributed by atoms with van der Waals surface area (Å²) < 4.78 is 0. The Morgan fingerprint density at radius 3 is 1.83 bits per heavy atom. The normalized spacial score (nSPS) is 11.4. The van der Waals surface area contributed by atoms with Crippen molar-refractivity contribution in [2.45, 2.75) is 96.8 Å². The Bertz CT molecular complexity index is 361. The lowest BCUT2D eigenvalue weighted by molar-refractivity contribution is -0.121. The van der Waals surface area contributed by atoms with Gasteiger partial charge in [-0.25, -0.2) is 0 Å². The Hall–Kier alpha value is -0.910. The number of hydrogen-bond donors (Lipinski definition) is 4. The van der Waals surface area contributed by atoms with E-state index >= 15 is 0 Å². The van der Waals surface area contributed by atoms with Gasteiger partial charge in [-0.2, -0.15) is 0 Å². The van der Waals surface area contributed by atoms with Crippen molar-refractivity contribution in [3.05, 3.63) is 12.2 Å². The van der Waals surface area contributed by atoms with Crippen molar-refractivity contribution in [3.8, 4) is 0 Å². The van der Waals surface area contributed by atoms with E-state index in [-0.39, 0.29) is 5.91 Å². The minimum atomic E-state index is 0.186. The molecule has 1 amide bonds. The summed E-state index contributed by atoms with van der Waals surface area (Å²) in [5.41, 5.74) is 5.41. The highest BCUT2D eigenvalue weighted by molar-refractivity contribution is 5.75. The monoisotopic (exact) mass is 410 g/mol. The molecule has 0 rings (SSSR count). The molecule has 0 aromatic carbocycles. The fourth-order valence-electron chi connectivity index (χ4n) is 3.26. The molecule has 0 heterocycles. The number of rotatable bonds is 23. The lowest BCUT2D eigenvalue weighted by Crippen LogP contribution is -2.35. The molecular weight excluding hydrogens is 360 g/mol. The van der Waals surface area contributed by atoms with Crippen LogP contribution in [0.5, 0.6) is 0 Å². The molecule has 0 saturated heterocycles. The molecule has 0 aliphatic heterocycles. The zero-order valence-corrected chi connectivity index (χ0v) is 19.3. The maximum atomic E-state index is 11.8. The van der Waals surface area contributed by atoms with Crippen molar-refractivity contribution in [2.24, 2.45) is 5.73 Å². The first-order valence-electron chi connectivity index (χ1n) is 12.3. The van der Waals surface area contributed by atoms with Crippen LogP contribution in [-0.2, 0) is 4.79 Å². The van der Waals surface area contributed by atoms with E-state index in [1.54, 1.807) is 0 Å². The number of hydrogen-bond acceptors (Lipinski definition) is 4. The van der Waals surface area contributed by atoms with E-state index in [0.717, 1.165) is 32.6 Å². The Morgan fingerprint density at radius 2 is 1.21 bits per heavy atom. The van der Waals surface area contributed by atoms with Gasteiger partial charge in [0.2, 0.25) is 5.91 Å². The van der Waals surface area contributed by atoms with Gasteiger partial charge in [0.25, 0.3) is 0 Å². The maximum absolute atomic E-state index is 11.8. The highest BCUT2D eigenvalue weighted by Gasteiger charge is 2.00. The van der Waals surface area contributed by atoms with Crippen LogP contribution in [0.15, 0.2) is 12.2 Å². The van der Waals surface area contributed by atoms with Crippen molar-refractivity contribution < 1.29 is 4.79 Å². The van der Waals surface area contributed by atoms with E-state index in [2.05, 4.69) is 35.0 Å². The molecule has 0 bridgehead atoms. The maximum Gasteiger partial charge on any atom is 0.220 e. The summed E-state index contributed by atoms with van der Waals surface area (Å²) in [7, 11) is 0. The first-order valence-corrected chi connectivity index (χ1v) is 12.3. The molecule has 172 valence electrons. The summed E-state index contributed by atoms with van der Waals surface area (Å²) in [6.45, 7) is 7.15. The molecule has 0 fully saturated rings. The van der Waals surface area contributed by atoms with Crippen molar-refractivity contribution in [1.82, 2.24) is 16.0 Å². The number of carbonyl (C=O) groups excluding carboxylic acids is 1. The van der Waals surface area contributed by atoms with E-state index in [1.807, 2.05) is 0 Å². The molecule has 0 spiro atoms. The molecule has 0 aliphatic carbocycles. The second kappa shape index (κ2) is 25.1. The van der Waals surface area contributed by atoms with Gasteiger partial charge in [-0.1, -0.05) is 70.4 Å². The number of allylic oxidation sites excluding steroid dienone is 2. The van der Waals surface area contributed by atoms with E-state index < -0.39 is 0 Å². The lowest BCUT2D eigenvalue weighted by atomic mass is 10.1. The Kier molecular flexibility index (Phi) is 24.3. The van der Waals surface area contributed by atoms with Gasteiger partial charge in [-0.05, 0) is 32.1 Å². The zero-order valence-electron chi connectivity index (χ0n) is 19.3. The second-order valence-corrected chi connectivity index (χ2v) is 7.97. The molecule has 0 aromatic rings. The summed E-state index contributed by atoms with van der Waals surface area (Å²) in [4.78, 5) is 11.8. The molecule has 5 nitrogen and oxygen atoms in total. The number of amides is 1. The summed E-state index contributed by atoms with van der Waals surface area (Å²) in [5, 5.41) is 9.51. The third kappa shape index (κ3) is 25.1. The highest BCUT2D eigenvalue weighted by atomic mass is 16.1. The number of nitrogens with one attached hydrogen (secondary N) is 3. The van der Waals surface area contributed by atoms with Gasteiger partial charge in [0.05, 0.1) is 0 Å². The molecule has 0 atom stereocenters. The topological polar surface area (TPSA) is 79.2 Å². The largest absolute Gasteiger partial charge is 0.355 e. The quantitative estimate of drug-likeness (QED) is 0.150. The summed E-state index contributed by atoms with van der Waals surface area (Å²) in [6, 6.07) is 0. The molecular formula is C24H50N4O. The van der Waals surface area contributed by atoms with Gasteiger partial charge in [0, 0.05) is 45.7 Å².